The predicted molar refractivity (Wildman–Crippen MR) is 126 cm³/mol. The van der Waals surface area contributed by atoms with Crippen LogP contribution in [0.25, 0.3) is 11.1 Å². The van der Waals surface area contributed by atoms with E-state index < -0.39 is 23.4 Å². The molecule has 0 radical (unpaired) electrons. The largest absolute Gasteiger partial charge is 0.368 e. The first-order valence-electron chi connectivity index (χ1n) is 11.6. The highest BCUT2D eigenvalue weighted by molar-refractivity contribution is 6.03. The van der Waals surface area contributed by atoms with E-state index in [1.54, 1.807) is 0 Å². The molecule has 10 heteroatoms. The minimum absolute atomic E-state index is 0.0320. The summed E-state index contributed by atoms with van der Waals surface area (Å²) in [5, 5.41) is 15.3. The second-order valence-electron chi connectivity index (χ2n) is 9.18. The molecule has 2 aliphatic rings. The van der Waals surface area contributed by atoms with Crippen molar-refractivity contribution in [3.63, 3.8) is 0 Å². The molecule has 2 aliphatic heterocycles. The molecule has 0 bridgehead atoms. The topological polar surface area (TPSA) is 93.9 Å². The molecule has 5 rings (SSSR count). The van der Waals surface area contributed by atoms with Gasteiger partial charge in [-0.25, -0.2) is 18.2 Å². The normalized spacial score (nSPS) is 19.0. The van der Waals surface area contributed by atoms with Crippen LogP contribution in [0.15, 0.2) is 42.9 Å². The Morgan fingerprint density at radius 3 is 2.67 bits per heavy atom. The molecule has 2 fully saturated rings. The van der Waals surface area contributed by atoms with Gasteiger partial charge in [-0.15, -0.1) is 0 Å². The Labute approximate surface area is 206 Å². The number of anilines is 1. The molecule has 1 amide bonds. The summed E-state index contributed by atoms with van der Waals surface area (Å²) in [5.41, 5.74) is 1.50. The Morgan fingerprint density at radius 1 is 1.14 bits per heavy atom. The quantitative estimate of drug-likeness (QED) is 0.564. The molecule has 0 unspecified atom stereocenters. The maximum Gasteiger partial charge on any atom is 0.255 e. The van der Waals surface area contributed by atoms with E-state index in [0.717, 1.165) is 38.1 Å². The first-order chi connectivity index (χ1) is 17.4. The number of amides is 1. The second kappa shape index (κ2) is 9.59. The number of hydrogen-bond donors (Lipinski definition) is 2. The number of carbonyl (C=O) groups is 1. The molecule has 0 saturated carbocycles. The molecule has 7 nitrogen and oxygen atoms in total. The van der Waals surface area contributed by atoms with Gasteiger partial charge in [0, 0.05) is 54.8 Å². The van der Waals surface area contributed by atoms with E-state index in [1.165, 1.54) is 30.6 Å². The van der Waals surface area contributed by atoms with E-state index in [1.807, 2.05) is 11.0 Å². The SMILES string of the molecule is N#Cc1cc(CNC(=O)c2cncc(-c3cc(F)cc(F)c3)c2N2CC[C@@]3(CCCN3)C2)c(F)cn1. The van der Waals surface area contributed by atoms with Crippen molar-refractivity contribution in [1.29, 1.82) is 5.26 Å². The average molecular weight is 493 g/mol. The second-order valence-corrected chi connectivity index (χ2v) is 9.18. The number of rotatable bonds is 5. The van der Waals surface area contributed by atoms with Crippen molar-refractivity contribution in [2.75, 3.05) is 24.5 Å². The van der Waals surface area contributed by atoms with Crippen LogP contribution in [0.5, 0.6) is 0 Å². The Bertz CT molecular complexity index is 1350. The molecule has 1 atom stereocenters. The van der Waals surface area contributed by atoms with E-state index in [-0.39, 0.29) is 34.5 Å². The van der Waals surface area contributed by atoms with Crippen LogP contribution in [-0.4, -0.2) is 41.0 Å². The number of benzene rings is 1. The summed E-state index contributed by atoms with van der Waals surface area (Å²) in [6.07, 6.45) is 6.76. The van der Waals surface area contributed by atoms with Crippen LogP contribution >= 0.6 is 0 Å². The molecule has 2 aromatic heterocycles. The highest BCUT2D eigenvalue weighted by atomic mass is 19.1. The van der Waals surface area contributed by atoms with Crippen molar-refractivity contribution in [2.45, 2.75) is 31.3 Å². The van der Waals surface area contributed by atoms with E-state index >= 15 is 0 Å². The van der Waals surface area contributed by atoms with Crippen LogP contribution in [0, 0.1) is 28.8 Å². The Hall–Kier alpha value is -3.97. The third kappa shape index (κ3) is 4.62. The first-order valence-corrected chi connectivity index (χ1v) is 11.6. The van der Waals surface area contributed by atoms with E-state index in [0.29, 0.717) is 24.3 Å². The number of nitrogens with one attached hydrogen (secondary N) is 2. The zero-order valence-corrected chi connectivity index (χ0v) is 19.3. The highest BCUT2D eigenvalue weighted by Gasteiger charge is 2.41. The molecule has 184 valence electrons. The maximum atomic E-state index is 14.2. The zero-order chi connectivity index (χ0) is 25.3. The zero-order valence-electron chi connectivity index (χ0n) is 19.3. The maximum absolute atomic E-state index is 14.2. The predicted octanol–water partition coefficient (Wildman–Crippen LogP) is 3.69. The van der Waals surface area contributed by atoms with E-state index in [4.69, 9.17) is 5.26 Å². The van der Waals surface area contributed by atoms with Gasteiger partial charge in [0.05, 0.1) is 17.4 Å². The fourth-order valence-electron chi connectivity index (χ4n) is 5.11. The molecule has 0 aliphatic carbocycles. The van der Waals surface area contributed by atoms with Gasteiger partial charge in [-0.1, -0.05) is 0 Å². The highest BCUT2D eigenvalue weighted by Crippen LogP contribution is 2.40. The van der Waals surface area contributed by atoms with Crippen molar-refractivity contribution < 1.29 is 18.0 Å². The average Bonchev–Trinajstić information content (AvgIpc) is 3.51. The van der Waals surface area contributed by atoms with Gasteiger partial charge < -0.3 is 15.5 Å². The third-order valence-corrected chi connectivity index (χ3v) is 6.83. The third-order valence-electron chi connectivity index (χ3n) is 6.83. The van der Waals surface area contributed by atoms with Crippen LogP contribution in [0.3, 0.4) is 0 Å². The molecule has 1 aromatic carbocycles. The van der Waals surface area contributed by atoms with Crippen LogP contribution in [-0.2, 0) is 6.54 Å². The molecule has 4 heterocycles. The molecule has 2 saturated heterocycles. The van der Waals surface area contributed by atoms with Gasteiger partial charge in [0.2, 0.25) is 0 Å². The van der Waals surface area contributed by atoms with Gasteiger partial charge in [-0.05, 0) is 49.6 Å². The number of halogens is 3. The van der Waals surface area contributed by atoms with Crippen molar-refractivity contribution in [3.8, 4) is 17.2 Å². The van der Waals surface area contributed by atoms with Gasteiger partial charge in [0.15, 0.2) is 0 Å². The molecule has 3 aromatic rings. The van der Waals surface area contributed by atoms with Gasteiger partial charge in [-0.3, -0.25) is 9.78 Å². The van der Waals surface area contributed by atoms with Crippen molar-refractivity contribution in [2.24, 2.45) is 0 Å². The molecule has 1 spiro atoms. The lowest BCUT2D eigenvalue weighted by atomic mass is 9.96. The molecule has 36 heavy (non-hydrogen) atoms. The minimum Gasteiger partial charge on any atom is -0.368 e. The van der Waals surface area contributed by atoms with Crippen LogP contribution in [0.2, 0.25) is 0 Å². The van der Waals surface area contributed by atoms with Crippen LogP contribution in [0.1, 0.15) is 40.9 Å². The first kappa shape index (κ1) is 23.8. The monoisotopic (exact) mass is 492 g/mol. The number of nitrogens with zero attached hydrogens (tertiary/aromatic N) is 4. The number of aromatic nitrogens is 2. The van der Waals surface area contributed by atoms with Gasteiger partial charge >= 0.3 is 0 Å². The minimum atomic E-state index is -0.734. The van der Waals surface area contributed by atoms with E-state index in [9.17, 15) is 18.0 Å². The smallest absolute Gasteiger partial charge is 0.255 e. The lowest BCUT2D eigenvalue weighted by Crippen LogP contribution is -2.42. The van der Waals surface area contributed by atoms with Gasteiger partial charge in [0.25, 0.3) is 5.91 Å². The summed E-state index contributed by atoms with van der Waals surface area (Å²) in [6.45, 7) is 2.02. The Kier molecular flexibility index (Phi) is 6.33. The molecular formula is C26H23F3N6O. The molecule has 2 N–H and O–H groups in total. The lowest BCUT2D eigenvalue weighted by molar-refractivity contribution is 0.0950. The summed E-state index contributed by atoms with van der Waals surface area (Å²) in [5.74, 6) is -2.64. The lowest BCUT2D eigenvalue weighted by Gasteiger charge is -2.28. The van der Waals surface area contributed by atoms with Gasteiger partial charge in [-0.2, -0.15) is 5.26 Å². The fraction of sp³-hybridized carbons (Fsp3) is 0.308. The Balaban J connectivity index is 1.52. The summed E-state index contributed by atoms with van der Waals surface area (Å²) >= 11 is 0. The number of carbonyl (C=O) groups excluding carboxylic acids is 1. The van der Waals surface area contributed by atoms with E-state index in [2.05, 4.69) is 20.6 Å². The van der Waals surface area contributed by atoms with Crippen molar-refractivity contribution >= 4 is 11.6 Å². The number of nitriles is 1. The molecular weight excluding hydrogens is 469 g/mol. The number of pyridine rings is 2. The summed E-state index contributed by atoms with van der Waals surface area (Å²) in [6, 6.07) is 6.33. The summed E-state index contributed by atoms with van der Waals surface area (Å²) in [7, 11) is 0. The van der Waals surface area contributed by atoms with Crippen molar-refractivity contribution in [3.05, 3.63) is 77.1 Å². The number of hydrogen-bond acceptors (Lipinski definition) is 6. The summed E-state index contributed by atoms with van der Waals surface area (Å²) < 4.78 is 42.4. The van der Waals surface area contributed by atoms with Crippen LogP contribution < -0.4 is 15.5 Å². The fourth-order valence-corrected chi connectivity index (χ4v) is 5.11. The standard InChI is InChI=1S/C26H23F3N6O/c27-18-6-16(7-19(28)9-18)21-12-31-13-22(24(21)35-5-3-26(15-35)2-1-4-34-26)25(36)33-11-17-8-20(10-30)32-14-23(17)29/h6-9,12-14,34H,1-5,11,15H2,(H,33,36)/t26-/m0/s1. The van der Waals surface area contributed by atoms with Crippen LogP contribution in [0.4, 0.5) is 18.9 Å². The summed E-state index contributed by atoms with van der Waals surface area (Å²) in [4.78, 5) is 23.3. The van der Waals surface area contributed by atoms with Gasteiger partial charge in [0.1, 0.15) is 29.2 Å². The van der Waals surface area contributed by atoms with Crippen molar-refractivity contribution in [1.82, 2.24) is 20.6 Å². The Morgan fingerprint density at radius 2 is 1.94 bits per heavy atom.